The Hall–Kier alpha value is -3.03. The van der Waals surface area contributed by atoms with Gasteiger partial charge < -0.3 is 9.36 Å². The highest BCUT2D eigenvalue weighted by molar-refractivity contribution is 6.20. The highest BCUT2D eigenvalue weighted by atomic mass is 16.7. The van der Waals surface area contributed by atoms with E-state index in [2.05, 4.69) is 10.1 Å². The van der Waals surface area contributed by atoms with Crippen LogP contribution in [0.5, 0.6) is 0 Å². The van der Waals surface area contributed by atoms with Crippen LogP contribution in [-0.4, -0.2) is 33.0 Å². The molecule has 0 spiro atoms. The van der Waals surface area contributed by atoms with Crippen molar-refractivity contribution >= 4 is 17.8 Å². The van der Waals surface area contributed by atoms with Crippen molar-refractivity contribution in [2.45, 2.75) is 39.0 Å². The summed E-state index contributed by atoms with van der Waals surface area (Å²) in [5.41, 5.74) is 0.462. The van der Waals surface area contributed by atoms with Crippen LogP contribution >= 0.6 is 0 Å². The summed E-state index contributed by atoms with van der Waals surface area (Å²) in [5, 5.41) is 4.34. The molecule has 0 saturated carbocycles. The maximum absolute atomic E-state index is 12.1. The molecule has 0 N–H and O–H groups in total. The smallest absolute Gasteiger partial charge is 0.333 e. The molecule has 0 saturated heterocycles. The molecule has 1 aliphatic rings. The number of rotatable bonds is 7. The van der Waals surface area contributed by atoms with E-state index in [1.165, 1.54) is 12.1 Å². The van der Waals surface area contributed by atoms with E-state index in [0.29, 0.717) is 29.6 Å². The molecule has 0 bridgehead atoms. The van der Waals surface area contributed by atoms with Gasteiger partial charge in [-0.2, -0.15) is 4.98 Å². The van der Waals surface area contributed by atoms with Crippen molar-refractivity contribution in [1.82, 2.24) is 15.2 Å². The van der Waals surface area contributed by atoms with Gasteiger partial charge in [-0.25, -0.2) is 4.79 Å². The number of carbonyl (C=O) groups excluding carboxylic acids is 3. The molecule has 8 nitrogen and oxygen atoms in total. The second-order valence-electron chi connectivity index (χ2n) is 5.62. The van der Waals surface area contributed by atoms with Gasteiger partial charge in [0.15, 0.2) is 5.82 Å². The zero-order valence-corrected chi connectivity index (χ0v) is 13.7. The average Bonchev–Trinajstić information content (AvgIpc) is 3.14. The molecule has 130 valence electrons. The minimum Gasteiger partial charge on any atom is -0.339 e. The maximum Gasteiger partial charge on any atom is 0.333 e. The van der Waals surface area contributed by atoms with Gasteiger partial charge in [0.1, 0.15) is 0 Å². The molecule has 2 aromatic rings. The molecule has 2 heterocycles. The van der Waals surface area contributed by atoms with Gasteiger partial charge in [0.2, 0.25) is 5.89 Å². The lowest BCUT2D eigenvalue weighted by Gasteiger charge is -2.12. The quantitative estimate of drug-likeness (QED) is 0.709. The van der Waals surface area contributed by atoms with Gasteiger partial charge in [0.25, 0.3) is 11.8 Å². The fraction of sp³-hybridized carbons (Fsp3) is 0.353. The number of aryl methyl sites for hydroxylation is 2. The molecule has 8 heteroatoms. The molecule has 3 rings (SSSR count). The number of hydroxylamine groups is 2. The number of hydrogen-bond donors (Lipinski definition) is 0. The summed E-state index contributed by atoms with van der Waals surface area (Å²) in [6.45, 7) is 2.02. The minimum absolute atomic E-state index is 0.0267. The number of benzene rings is 1. The summed E-state index contributed by atoms with van der Waals surface area (Å²) in [4.78, 5) is 45.2. The fourth-order valence-corrected chi connectivity index (χ4v) is 2.50. The normalized spacial score (nSPS) is 13.2. The van der Waals surface area contributed by atoms with E-state index in [1.54, 1.807) is 12.1 Å². The van der Waals surface area contributed by atoms with Gasteiger partial charge in [-0.1, -0.05) is 29.3 Å². The molecule has 0 fully saturated rings. The van der Waals surface area contributed by atoms with Crippen molar-refractivity contribution in [3.63, 3.8) is 0 Å². The first-order valence-electron chi connectivity index (χ1n) is 8.10. The molecular weight excluding hydrogens is 326 g/mol. The Morgan fingerprint density at radius 2 is 1.84 bits per heavy atom. The van der Waals surface area contributed by atoms with E-state index < -0.39 is 17.8 Å². The molecule has 1 aliphatic heterocycles. The Morgan fingerprint density at radius 1 is 1.16 bits per heavy atom. The number of nitrogens with zero attached hydrogens (tertiary/aromatic N) is 3. The first-order valence-corrected chi connectivity index (χ1v) is 8.10. The van der Waals surface area contributed by atoms with Crippen LogP contribution in [-0.2, 0) is 22.5 Å². The van der Waals surface area contributed by atoms with E-state index in [-0.39, 0.29) is 17.5 Å². The van der Waals surface area contributed by atoms with Crippen LogP contribution in [0, 0.1) is 0 Å². The highest BCUT2D eigenvalue weighted by Gasteiger charge is 2.38. The lowest BCUT2D eigenvalue weighted by molar-refractivity contribution is -0.168. The second-order valence-corrected chi connectivity index (χ2v) is 5.62. The Morgan fingerprint density at radius 3 is 2.48 bits per heavy atom. The summed E-state index contributed by atoms with van der Waals surface area (Å²) in [6.07, 6.45) is 2.53. The standard InChI is InChI=1S/C17H17N3O5/c1-2-6-13-18-14(24-19-13)9-5-10-15(21)25-20-16(22)11-7-3-4-8-12(11)17(20)23/h3-4,7-8H,2,5-6,9-10H2,1H3. The number of carbonyl (C=O) groups is 3. The van der Waals surface area contributed by atoms with Gasteiger partial charge in [-0.3, -0.25) is 9.59 Å². The van der Waals surface area contributed by atoms with E-state index in [9.17, 15) is 14.4 Å². The van der Waals surface area contributed by atoms with Crippen LogP contribution < -0.4 is 0 Å². The van der Waals surface area contributed by atoms with Crippen molar-refractivity contribution in [3.05, 3.63) is 47.1 Å². The Kier molecular flexibility index (Phi) is 4.87. The zero-order valence-electron chi connectivity index (χ0n) is 13.7. The Bertz CT molecular complexity index is 779. The third kappa shape index (κ3) is 3.57. The van der Waals surface area contributed by atoms with Gasteiger partial charge in [-0.05, 0) is 25.0 Å². The van der Waals surface area contributed by atoms with Crippen LogP contribution in [0.3, 0.4) is 0 Å². The predicted molar refractivity (Wildman–Crippen MR) is 84.3 cm³/mol. The topological polar surface area (TPSA) is 103 Å². The molecule has 0 unspecified atom stereocenters. The third-order valence-corrected chi connectivity index (χ3v) is 3.71. The zero-order chi connectivity index (χ0) is 17.8. The van der Waals surface area contributed by atoms with Crippen molar-refractivity contribution < 1.29 is 23.7 Å². The lowest BCUT2D eigenvalue weighted by Crippen LogP contribution is -2.32. The highest BCUT2D eigenvalue weighted by Crippen LogP contribution is 2.23. The van der Waals surface area contributed by atoms with Crippen LogP contribution in [0.25, 0.3) is 0 Å². The van der Waals surface area contributed by atoms with E-state index in [4.69, 9.17) is 9.36 Å². The Labute approximate surface area is 143 Å². The van der Waals surface area contributed by atoms with Crippen LogP contribution in [0.15, 0.2) is 28.8 Å². The molecular formula is C17H17N3O5. The van der Waals surface area contributed by atoms with Crippen LogP contribution in [0.4, 0.5) is 0 Å². The minimum atomic E-state index is -0.664. The molecule has 25 heavy (non-hydrogen) atoms. The first-order chi connectivity index (χ1) is 12.1. The van der Waals surface area contributed by atoms with Crippen LogP contribution in [0.1, 0.15) is 58.6 Å². The number of amides is 2. The number of imide groups is 1. The summed E-state index contributed by atoms with van der Waals surface area (Å²) in [7, 11) is 0. The molecule has 1 aromatic heterocycles. The van der Waals surface area contributed by atoms with Crippen molar-refractivity contribution in [2.75, 3.05) is 0 Å². The summed E-state index contributed by atoms with van der Waals surface area (Å²) >= 11 is 0. The summed E-state index contributed by atoms with van der Waals surface area (Å²) < 4.78 is 5.08. The molecule has 0 atom stereocenters. The molecule has 0 radical (unpaired) electrons. The molecule has 2 amide bonds. The third-order valence-electron chi connectivity index (χ3n) is 3.71. The first kappa shape index (κ1) is 16.8. The second kappa shape index (κ2) is 7.25. The SMILES string of the molecule is CCCc1noc(CCCC(=O)ON2C(=O)c3ccccc3C2=O)n1. The van der Waals surface area contributed by atoms with Gasteiger partial charge in [0, 0.05) is 19.3 Å². The van der Waals surface area contributed by atoms with E-state index in [0.717, 1.165) is 12.8 Å². The van der Waals surface area contributed by atoms with E-state index in [1.807, 2.05) is 6.92 Å². The largest absolute Gasteiger partial charge is 0.339 e. The average molecular weight is 343 g/mol. The predicted octanol–water partition coefficient (Wildman–Crippen LogP) is 2.10. The van der Waals surface area contributed by atoms with Crippen LogP contribution in [0.2, 0.25) is 0 Å². The van der Waals surface area contributed by atoms with Gasteiger partial charge in [0.05, 0.1) is 11.1 Å². The monoisotopic (exact) mass is 343 g/mol. The summed E-state index contributed by atoms with van der Waals surface area (Å²) in [5.74, 6) is -0.823. The van der Waals surface area contributed by atoms with E-state index >= 15 is 0 Å². The molecule has 0 aliphatic carbocycles. The van der Waals surface area contributed by atoms with Gasteiger partial charge in [-0.15, -0.1) is 0 Å². The number of aromatic nitrogens is 2. The van der Waals surface area contributed by atoms with Crippen molar-refractivity contribution in [3.8, 4) is 0 Å². The van der Waals surface area contributed by atoms with Crippen molar-refractivity contribution in [1.29, 1.82) is 0 Å². The maximum atomic E-state index is 12.1. The number of fused-ring (bicyclic) bond motifs is 1. The summed E-state index contributed by atoms with van der Waals surface area (Å²) in [6, 6.07) is 6.33. The lowest BCUT2D eigenvalue weighted by atomic mass is 10.1. The molecule has 1 aromatic carbocycles. The van der Waals surface area contributed by atoms with Crippen molar-refractivity contribution in [2.24, 2.45) is 0 Å². The Balaban J connectivity index is 1.50. The van der Waals surface area contributed by atoms with Gasteiger partial charge >= 0.3 is 5.97 Å². The fourth-order valence-electron chi connectivity index (χ4n) is 2.50. The number of hydrogen-bond acceptors (Lipinski definition) is 7.